The molecule has 9 atom stereocenters. The molecule has 0 radical (unpaired) electrons. The summed E-state index contributed by atoms with van der Waals surface area (Å²) in [5.74, 6) is -0.0435. The minimum atomic E-state index is -1.46. The maximum atomic E-state index is 13.8. The van der Waals surface area contributed by atoms with Crippen LogP contribution in [0.3, 0.4) is 0 Å². The van der Waals surface area contributed by atoms with Gasteiger partial charge in [-0.15, -0.1) is 0 Å². The number of ketones is 2. The molecule has 0 unspecified atom stereocenters. The lowest BCUT2D eigenvalue weighted by molar-refractivity contribution is -0.201. The summed E-state index contributed by atoms with van der Waals surface area (Å²) in [6.07, 6.45) is 5.36. The average molecular weight is 620 g/mol. The molecule has 0 spiro atoms. The monoisotopic (exact) mass is 619 g/mol. The second-order valence-corrected chi connectivity index (χ2v) is 13.9. The van der Waals surface area contributed by atoms with E-state index in [1.165, 1.54) is 0 Å². The topological polar surface area (TPSA) is 128 Å². The van der Waals surface area contributed by atoms with Crippen LogP contribution >= 0.6 is 11.6 Å². The van der Waals surface area contributed by atoms with Gasteiger partial charge in [-0.3, -0.25) is 9.59 Å². The van der Waals surface area contributed by atoms with Crippen molar-refractivity contribution in [2.75, 3.05) is 12.3 Å². The summed E-state index contributed by atoms with van der Waals surface area (Å²) in [4.78, 5) is 26.0. The second-order valence-electron chi connectivity index (χ2n) is 13.5. The molecule has 1 saturated heterocycles. The molecule has 4 aliphatic carbocycles. The van der Waals surface area contributed by atoms with Crippen molar-refractivity contribution >= 4 is 28.9 Å². The van der Waals surface area contributed by atoms with Crippen LogP contribution in [0.2, 0.25) is 5.02 Å². The number of hydrogen-bond donors (Lipinski definition) is 3. The van der Waals surface area contributed by atoms with Gasteiger partial charge in [-0.2, -0.15) is 0 Å². The first-order chi connectivity index (χ1) is 21.0. The van der Waals surface area contributed by atoms with Gasteiger partial charge >= 0.3 is 0 Å². The molecule has 232 valence electrons. The lowest BCUT2D eigenvalue weighted by Gasteiger charge is -2.59. The Morgan fingerprint density at radius 3 is 2.77 bits per heavy atom. The fourth-order valence-electron chi connectivity index (χ4n) is 9.49. The number of nitrogen functional groups attached to an aromatic ring is 1. The van der Waals surface area contributed by atoms with Crippen molar-refractivity contribution in [3.8, 4) is 5.75 Å². The average Bonchev–Trinajstić information content (AvgIpc) is 3.49. The number of rotatable bonds is 6. The van der Waals surface area contributed by atoms with E-state index in [1.54, 1.807) is 36.4 Å². The van der Waals surface area contributed by atoms with Crippen molar-refractivity contribution < 1.29 is 34.0 Å². The second kappa shape index (κ2) is 10.5. The number of allylic oxidation sites excluding steroid dienone is 4. The van der Waals surface area contributed by atoms with Gasteiger partial charge in [0.25, 0.3) is 0 Å². The minimum Gasteiger partial charge on any atom is -0.487 e. The number of benzene rings is 2. The van der Waals surface area contributed by atoms with Gasteiger partial charge in [0.05, 0.1) is 17.2 Å². The SMILES string of the molecule is C[C@]12C=CC(=O)C=C1CC[C@@H]1[C@@H]2[C@@H](O)C[C@@]2(C)[C@H]1C[C@H]1O[C@@H](c3cccc(OCc4cccc(N)c4)c3Cl)O[C@]12C(=O)CO. The first-order valence-corrected chi connectivity index (χ1v) is 15.7. The molecule has 7 rings (SSSR count). The van der Waals surface area contributed by atoms with Crippen LogP contribution in [0.1, 0.15) is 56.9 Å². The van der Waals surface area contributed by atoms with Crippen molar-refractivity contribution in [2.45, 2.75) is 70.2 Å². The summed E-state index contributed by atoms with van der Waals surface area (Å²) in [5.41, 5.74) is 6.34. The Kier molecular flexibility index (Phi) is 7.10. The number of carbonyl (C=O) groups is 2. The van der Waals surface area contributed by atoms with Crippen LogP contribution < -0.4 is 10.5 Å². The summed E-state index contributed by atoms with van der Waals surface area (Å²) in [6, 6.07) is 12.8. The van der Waals surface area contributed by atoms with E-state index in [-0.39, 0.29) is 30.1 Å². The summed E-state index contributed by atoms with van der Waals surface area (Å²) >= 11 is 6.86. The van der Waals surface area contributed by atoms with Gasteiger partial charge < -0.3 is 30.2 Å². The maximum Gasteiger partial charge on any atom is 0.193 e. The molecule has 9 heteroatoms. The molecular formula is C35H38ClNO7. The van der Waals surface area contributed by atoms with Gasteiger partial charge in [0.2, 0.25) is 0 Å². The molecular weight excluding hydrogens is 582 g/mol. The number of anilines is 1. The number of nitrogens with two attached hydrogens (primary N) is 1. The highest BCUT2D eigenvalue weighted by Gasteiger charge is 2.76. The normalized spacial score (nSPS) is 38.8. The van der Waals surface area contributed by atoms with Crippen LogP contribution in [-0.4, -0.2) is 46.2 Å². The molecule has 5 aliphatic rings. The van der Waals surface area contributed by atoms with Crippen LogP contribution in [0.15, 0.2) is 66.3 Å². The largest absolute Gasteiger partial charge is 0.487 e. The van der Waals surface area contributed by atoms with E-state index in [9.17, 15) is 19.8 Å². The van der Waals surface area contributed by atoms with Crippen LogP contribution in [0.25, 0.3) is 0 Å². The molecule has 4 N–H and O–H groups in total. The summed E-state index contributed by atoms with van der Waals surface area (Å²) in [5, 5.41) is 22.4. The number of Topliss-reactive ketones (excluding diaryl/α,β-unsaturated/α-hetero) is 1. The number of fused-ring (bicyclic) bond motifs is 7. The third-order valence-corrected chi connectivity index (χ3v) is 11.8. The first kappa shape index (κ1) is 29.7. The van der Waals surface area contributed by atoms with Crippen molar-refractivity contribution in [2.24, 2.45) is 28.6 Å². The number of hydrogen-bond acceptors (Lipinski definition) is 8. The molecule has 2 aromatic rings. The zero-order valence-electron chi connectivity index (χ0n) is 24.9. The van der Waals surface area contributed by atoms with Gasteiger partial charge in [0, 0.05) is 28.0 Å². The number of ether oxygens (including phenoxy) is 3. The molecule has 8 nitrogen and oxygen atoms in total. The Hall–Kier alpha value is -3.01. The molecule has 0 aromatic heterocycles. The lowest BCUT2D eigenvalue weighted by Crippen LogP contribution is -2.63. The Bertz CT molecular complexity index is 1590. The van der Waals surface area contributed by atoms with E-state index in [1.807, 2.05) is 31.2 Å². The van der Waals surface area contributed by atoms with E-state index in [0.717, 1.165) is 24.0 Å². The van der Waals surface area contributed by atoms with E-state index >= 15 is 0 Å². The van der Waals surface area contributed by atoms with Gasteiger partial charge in [0.1, 0.15) is 19.0 Å². The zero-order valence-corrected chi connectivity index (χ0v) is 25.6. The number of aliphatic hydroxyl groups excluding tert-OH is 2. The van der Waals surface area contributed by atoms with Crippen molar-refractivity contribution in [3.05, 3.63) is 82.4 Å². The fourth-order valence-corrected chi connectivity index (χ4v) is 9.76. The van der Waals surface area contributed by atoms with Crippen LogP contribution in [-0.2, 0) is 25.7 Å². The van der Waals surface area contributed by atoms with Gasteiger partial charge in [-0.1, -0.05) is 61.4 Å². The Morgan fingerprint density at radius 1 is 1.20 bits per heavy atom. The highest BCUT2D eigenvalue weighted by molar-refractivity contribution is 6.32. The van der Waals surface area contributed by atoms with Crippen molar-refractivity contribution in [1.82, 2.24) is 0 Å². The smallest absolute Gasteiger partial charge is 0.193 e. The zero-order chi connectivity index (χ0) is 31.0. The third-order valence-electron chi connectivity index (χ3n) is 11.4. The highest BCUT2D eigenvalue weighted by Crippen LogP contribution is 2.70. The van der Waals surface area contributed by atoms with E-state index in [4.69, 9.17) is 31.5 Å². The van der Waals surface area contributed by atoms with Crippen molar-refractivity contribution in [3.63, 3.8) is 0 Å². The molecule has 44 heavy (non-hydrogen) atoms. The Labute approximate surface area is 261 Å². The van der Waals surface area contributed by atoms with E-state index in [0.29, 0.717) is 34.9 Å². The molecule has 4 fully saturated rings. The molecule has 1 aliphatic heterocycles. The maximum absolute atomic E-state index is 13.8. The van der Waals surface area contributed by atoms with Crippen LogP contribution in [0.4, 0.5) is 5.69 Å². The summed E-state index contributed by atoms with van der Waals surface area (Å²) < 4.78 is 19.3. The standard InChI is InChI=1S/C35H38ClNO7/c1-33-12-11-22(39)14-20(33)9-10-23-25-15-29-35(28(41)17-38,34(25,2)16-26(40)30(23)33)44-32(43-29)24-7-4-8-27(31(24)36)42-18-19-5-3-6-21(37)13-19/h3-8,11-14,23,25-26,29-30,32,38,40H,9-10,15-18,37H2,1-2H3/t23-,25-,26-,29+,30+,32+,33-,34-,35+/m0/s1. The summed E-state index contributed by atoms with van der Waals surface area (Å²) in [7, 11) is 0. The predicted octanol–water partition coefficient (Wildman–Crippen LogP) is 5.10. The van der Waals surface area contributed by atoms with Gasteiger partial charge in [0.15, 0.2) is 23.5 Å². The number of halogens is 1. The van der Waals surface area contributed by atoms with Gasteiger partial charge in [-0.05, 0) is 73.4 Å². The molecule has 2 aromatic carbocycles. The van der Waals surface area contributed by atoms with E-state index < -0.39 is 47.3 Å². The van der Waals surface area contributed by atoms with Crippen LogP contribution in [0, 0.1) is 28.6 Å². The fraction of sp³-hybridized carbons (Fsp3) is 0.486. The van der Waals surface area contributed by atoms with Gasteiger partial charge in [-0.25, -0.2) is 0 Å². The number of carbonyl (C=O) groups excluding carboxylic acids is 2. The first-order valence-electron chi connectivity index (χ1n) is 15.4. The molecule has 0 bridgehead atoms. The predicted molar refractivity (Wildman–Crippen MR) is 164 cm³/mol. The number of aliphatic hydroxyl groups is 2. The summed E-state index contributed by atoms with van der Waals surface area (Å²) in [6.45, 7) is 3.68. The lowest BCUT2D eigenvalue weighted by atomic mass is 9.46. The highest BCUT2D eigenvalue weighted by atomic mass is 35.5. The van der Waals surface area contributed by atoms with E-state index in [2.05, 4.69) is 6.92 Å². The molecule has 0 amide bonds. The van der Waals surface area contributed by atoms with Crippen LogP contribution in [0.5, 0.6) is 5.75 Å². The van der Waals surface area contributed by atoms with Crippen molar-refractivity contribution in [1.29, 1.82) is 0 Å². The molecule has 1 heterocycles. The third kappa shape index (κ3) is 4.18. The Balaban J connectivity index is 1.19. The minimum absolute atomic E-state index is 0.00482. The molecule has 3 saturated carbocycles. The quantitative estimate of drug-likeness (QED) is 0.381. The Morgan fingerprint density at radius 2 is 2.00 bits per heavy atom.